The van der Waals surface area contributed by atoms with Crippen molar-refractivity contribution in [2.24, 2.45) is 5.92 Å². The Kier molecular flexibility index (Phi) is 5.57. The van der Waals surface area contributed by atoms with Crippen LogP contribution in [0, 0.1) is 12.5 Å². The Morgan fingerprint density at radius 1 is 1.24 bits per heavy atom. The van der Waals surface area contributed by atoms with Crippen LogP contribution in [0.15, 0.2) is 30.3 Å². The summed E-state index contributed by atoms with van der Waals surface area (Å²) >= 11 is 0. The molecule has 1 saturated heterocycles. The summed E-state index contributed by atoms with van der Waals surface area (Å²) in [5, 5.41) is 0. The summed E-state index contributed by atoms with van der Waals surface area (Å²) in [6.45, 7) is 17.1. The summed E-state index contributed by atoms with van der Waals surface area (Å²) in [6.07, 6.45) is 1.92. The van der Waals surface area contributed by atoms with Crippen LogP contribution in [0.4, 0.5) is 0 Å². The predicted molar refractivity (Wildman–Crippen MR) is 89.3 cm³/mol. The van der Waals surface area contributed by atoms with Crippen LogP contribution < -0.4 is 0 Å². The maximum atomic E-state index is 7.41. The second kappa shape index (κ2) is 7.21. The minimum atomic E-state index is -1.63. The fourth-order valence-electron chi connectivity index (χ4n) is 2.83. The zero-order chi connectivity index (χ0) is 15.3. The van der Waals surface area contributed by atoms with Gasteiger partial charge in [-0.1, -0.05) is 30.3 Å². The van der Waals surface area contributed by atoms with E-state index < -0.39 is 8.32 Å². The monoisotopic (exact) mass is 302 g/mol. The topological polar surface area (TPSA) is 16.8 Å². The molecule has 114 valence electrons. The van der Waals surface area contributed by atoms with Crippen LogP contribution in [0.5, 0.6) is 0 Å². The number of hydrogen-bond donors (Lipinski definition) is 0. The molecule has 0 spiro atoms. The van der Waals surface area contributed by atoms with E-state index in [4.69, 9.17) is 11.0 Å². The van der Waals surface area contributed by atoms with Gasteiger partial charge >= 0.3 is 6.23 Å². The molecule has 1 aliphatic heterocycles. The maximum Gasteiger partial charge on any atom is 0.321 e. The first-order chi connectivity index (χ1) is 9.98. The quantitative estimate of drug-likeness (QED) is 0.604. The van der Waals surface area contributed by atoms with Crippen LogP contribution in [0.2, 0.25) is 19.6 Å². The first kappa shape index (κ1) is 16.2. The highest BCUT2D eigenvalue weighted by atomic mass is 28.4. The van der Waals surface area contributed by atoms with Gasteiger partial charge in [0, 0.05) is 6.54 Å². The molecule has 1 heterocycles. The molecule has 0 radical (unpaired) electrons. The smallest absolute Gasteiger partial charge is 0.321 e. The third-order valence-electron chi connectivity index (χ3n) is 3.89. The van der Waals surface area contributed by atoms with Crippen LogP contribution in [0.25, 0.3) is 4.85 Å². The lowest BCUT2D eigenvalue weighted by Gasteiger charge is -2.33. The van der Waals surface area contributed by atoms with Crippen LogP contribution in [0.1, 0.15) is 18.4 Å². The number of rotatable bonds is 5. The van der Waals surface area contributed by atoms with Gasteiger partial charge in [0.25, 0.3) is 0 Å². The molecule has 21 heavy (non-hydrogen) atoms. The molecule has 1 atom stereocenters. The van der Waals surface area contributed by atoms with Gasteiger partial charge in [0.05, 0.1) is 5.92 Å². The van der Waals surface area contributed by atoms with Gasteiger partial charge in [-0.3, -0.25) is 9.74 Å². The van der Waals surface area contributed by atoms with Gasteiger partial charge in [0.1, 0.15) is 0 Å². The third-order valence-corrected chi connectivity index (χ3v) is 4.83. The van der Waals surface area contributed by atoms with E-state index in [0.717, 1.165) is 32.5 Å². The van der Waals surface area contributed by atoms with Gasteiger partial charge in [0.15, 0.2) is 8.32 Å². The van der Waals surface area contributed by atoms with E-state index in [0.29, 0.717) is 5.92 Å². The SMILES string of the molecule is [C-]#[N+]C(O[Si](C)(C)C)C1CCN(Cc2ccccc2)CC1. The summed E-state index contributed by atoms with van der Waals surface area (Å²) in [4.78, 5) is 6.24. The highest BCUT2D eigenvalue weighted by Gasteiger charge is 2.34. The lowest BCUT2D eigenvalue weighted by molar-refractivity contribution is 0.0956. The summed E-state index contributed by atoms with van der Waals surface area (Å²) < 4.78 is 6.05. The van der Waals surface area contributed by atoms with E-state index in [1.807, 2.05) is 0 Å². The summed E-state index contributed by atoms with van der Waals surface area (Å²) in [7, 11) is -1.63. The van der Waals surface area contributed by atoms with Crippen molar-refractivity contribution in [3.8, 4) is 0 Å². The molecule has 0 saturated carbocycles. The molecule has 1 aliphatic rings. The molecule has 1 aromatic rings. The zero-order valence-electron chi connectivity index (χ0n) is 13.4. The van der Waals surface area contributed by atoms with Gasteiger partial charge in [-0.05, 0) is 51.1 Å². The van der Waals surface area contributed by atoms with E-state index in [1.165, 1.54) is 5.56 Å². The molecule has 0 aromatic heterocycles. The molecule has 4 heteroatoms. The maximum absolute atomic E-state index is 7.41. The summed E-state index contributed by atoms with van der Waals surface area (Å²) in [5.74, 6) is 0.404. The minimum absolute atomic E-state index is 0.226. The lowest BCUT2D eigenvalue weighted by atomic mass is 9.95. The van der Waals surface area contributed by atoms with Crippen LogP contribution in [0.3, 0.4) is 0 Å². The number of likely N-dealkylation sites (tertiary alicyclic amines) is 1. The largest absolute Gasteiger partial charge is 0.353 e. The van der Waals surface area contributed by atoms with Crippen molar-refractivity contribution in [2.45, 2.75) is 45.3 Å². The van der Waals surface area contributed by atoms with Crippen molar-refractivity contribution in [1.82, 2.24) is 4.90 Å². The molecule has 1 unspecified atom stereocenters. The molecular weight excluding hydrogens is 276 g/mol. The second-order valence-electron chi connectivity index (χ2n) is 6.85. The average Bonchev–Trinajstić information content (AvgIpc) is 2.46. The first-order valence-corrected chi connectivity index (χ1v) is 11.2. The normalized spacial score (nSPS) is 19.1. The molecule has 0 bridgehead atoms. The number of hydrogen-bond acceptors (Lipinski definition) is 2. The van der Waals surface area contributed by atoms with Crippen LogP contribution in [-0.4, -0.2) is 32.5 Å². The van der Waals surface area contributed by atoms with Gasteiger partial charge in [-0.25, -0.2) is 6.57 Å². The molecule has 0 amide bonds. The van der Waals surface area contributed by atoms with Gasteiger partial charge in [-0.2, -0.15) is 0 Å². The Balaban J connectivity index is 1.84. The molecule has 0 N–H and O–H groups in total. The highest BCUT2D eigenvalue weighted by Crippen LogP contribution is 2.26. The molecule has 2 rings (SSSR count). The minimum Gasteiger partial charge on any atom is -0.353 e. The molecule has 1 fully saturated rings. The fraction of sp³-hybridized carbons (Fsp3) is 0.588. The Labute approximate surface area is 129 Å². The second-order valence-corrected chi connectivity index (χ2v) is 11.3. The van der Waals surface area contributed by atoms with Gasteiger partial charge in [0.2, 0.25) is 0 Å². The van der Waals surface area contributed by atoms with Gasteiger partial charge in [-0.15, -0.1) is 0 Å². The molecular formula is C17H26N2OSi. The molecule has 1 aromatic carbocycles. The van der Waals surface area contributed by atoms with Gasteiger partial charge < -0.3 is 4.43 Å². The third kappa shape index (κ3) is 5.27. The Hall–Kier alpha value is -1.15. The number of nitrogens with zero attached hydrogens (tertiary/aromatic N) is 2. The Morgan fingerprint density at radius 3 is 2.38 bits per heavy atom. The fourth-order valence-corrected chi connectivity index (χ4v) is 3.80. The van der Waals surface area contributed by atoms with E-state index in [2.05, 4.69) is 59.7 Å². The standard InChI is InChI=1S/C17H26N2OSi/c1-18-17(20-21(2,3)4)16-10-12-19(13-11-16)14-15-8-6-5-7-9-15/h5-9,16-17H,10-14H2,2-4H3. The number of benzene rings is 1. The zero-order valence-corrected chi connectivity index (χ0v) is 14.4. The lowest BCUT2D eigenvalue weighted by Crippen LogP contribution is -2.40. The van der Waals surface area contributed by atoms with Crippen molar-refractivity contribution in [3.63, 3.8) is 0 Å². The molecule has 0 aliphatic carbocycles. The Morgan fingerprint density at radius 2 is 1.86 bits per heavy atom. The molecule has 3 nitrogen and oxygen atoms in total. The highest BCUT2D eigenvalue weighted by molar-refractivity contribution is 6.69. The van der Waals surface area contributed by atoms with Crippen LogP contribution >= 0.6 is 0 Å². The van der Waals surface area contributed by atoms with Crippen molar-refractivity contribution in [3.05, 3.63) is 47.3 Å². The van der Waals surface area contributed by atoms with E-state index in [9.17, 15) is 0 Å². The first-order valence-electron chi connectivity index (χ1n) is 7.78. The van der Waals surface area contributed by atoms with Crippen LogP contribution in [-0.2, 0) is 11.0 Å². The summed E-state index contributed by atoms with van der Waals surface area (Å²) in [6, 6.07) is 10.6. The van der Waals surface area contributed by atoms with Crippen molar-refractivity contribution in [2.75, 3.05) is 13.1 Å². The predicted octanol–water partition coefficient (Wildman–Crippen LogP) is 4.00. The van der Waals surface area contributed by atoms with E-state index in [1.54, 1.807) is 0 Å². The van der Waals surface area contributed by atoms with Crippen molar-refractivity contribution >= 4 is 8.32 Å². The van der Waals surface area contributed by atoms with Crippen molar-refractivity contribution < 1.29 is 4.43 Å². The summed E-state index contributed by atoms with van der Waals surface area (Å²) in [5.41, 5.74) is 1.37. The number of piperidine rings is 1. The van der Waals surface area contributed by atoms with Crippen molar-refractivity contribution in [1.29, 1.82) is 0 Å². The average molecular weight is 302 g/mol. The Bertz CT molecular complexity index is 470. The van der Waals surface area contributed by atoms with E-state index in [-0.39, 0.29) is 6.23 Å². The van der Waals surface area contributed by atoms with E-state index >= 15 is 0 Å².